The highest BCUT2D eigenvalue weighted by molar-refractivity contribution is 5.67. The molecule has 0 spiro atoms. The molecule has 1 fully saturated rings. The third-order valence-corrected chi connectivity index (χ3v) is 2.26. The Bertz CT molecular complexity index is 191. The van der Waals surface area contributed by atoms with Crippen LogP contribution in [-0.2, 0) is 4.74 Å². The lowest BCUT2D eigenvalue weighted by molar-refractivity contribution is 0.0838. The lowest BCUT2D eigenvalue weighted by atomic mass is 9.68. The molecule has 0 bridgehead atoms. The van der Waals surface area contributed by atoms with Gasteiger partial charge in [-0.05, 0) is 32.1 Å². The van der Waals surface area contributed by atoms with Crippen LogP contribution >= 0.6 is 0 Å². The van der Waals surface area contributed by atoms with Gasteiger partial charge in [0.05, 0.1) is 6.10 Å². The van der Waals surface area contributed by atoms with Gasteiger partial charge in [-0.2, -0.15) is 0 Å². The monoisotopic (exact) mass is 185 g/mol. The molecule has 0 saturated heterocycles. The van der Waals surface area contributed by atoms with E-state index >= 15 is 0 Å². The fraction of sp³-hybridized carbons (Fsp3) is 0.900. The molecular formula is C10H19NO2. The number of nitrogens with one attached hydrogen (secondary N) is 1. The minimum atomic E-state index is -0.282. The van der Waals surface area contributed by atoms with E-state index in [2.05, 4.69) is 19.2 Å². The van der Waals surface area contributed by atoms with E-state index in [1.54, 1.807) is 0 Å². The van der Waals surface area contributed by atoms with Gasteiger partial charge in [-0.25, -0.2) is 4.79 Å². The Labute approximate surface area is 79.8 Å². The normalized spacial score (nSPS) is 21.0. The van der Waals surface area contributed by atoms with E-state index in [0.717, 1.165) is 12.8 Å². The van der Waals surface area contributed by atoms with Gasteiger partial charge in [0.25, 0.3) is 0 Å². The van der Waals surface area contributed by atoms with Crippen molar-refractivity contribution in [1.29, 1.82) is 0 Å². The van der Waals surface area contributed by atoms with Crippen molar-refractivity contribution >= 4 is 6.09 Å². The summed E-state index contributed by atoms with van der Waals surface area (Å²) >= 11 is 0. The Balaban J connectivity index is 2.17. The molecular weight excluding hydrogens is 166 g/mol. The van der Waals surface area contributed by atoms with E-state index in [0.29, 0.717) is 11.5 Å². The van der Waals surface area contributed by atoms with Gasteiger partial charge >= 0.3 is 6.09 Å². The van der Waals surface area contributed by atoms with Crippen LogP contribution in [-0.4, -0.2) is 18.2 Å². The quantitative estimate of drug-likeness (QED) is 0.717. The number of hydrogen-bond acceptors (Lipinski definition) is 2. The Morgan fingerprint density at radius 2 is 2.00 bits per heavy atom. The van der Waals surface area contributed by atoms with Gasteiger partial charge in [-0.15, -0.1) is 0 Å². The first-order valence-electron chi connectivity index (χ1n) is 4.86. The van der Waals surface area contributed by atoms with Crippen LogP contribution in [0.1, 0.15) is 40.5 Å². The summed E-state index contributed by atoms with van der Waals surface area (Å²) in [5.41, 5.74) is 0.399. The number of carbonyl (C=O) groups is 1. The fourth-order valence-corrected chi connectivity index (χ4v) is 1.79. The number of amides is 1. The Hall–Kier alpha value is -0.730. The van der Waals surface area contributed by atoms with E-state index in [1.165, 1.54) is 0 Å². The summed E-state index contributed by atoms with van der Waals surface area (Å²) in [6, 6.07) is 0.321. The van der Waals surface area contributed by atoms with Crippen molar-refractivity contribution in [2.24, 2.45) is 5.41 Å². The van der Waals surface area contributed by atoms with E-state index in [4.69, 9.17) is 4.74 Å². The van der Waals surface area contributed by atoms with Crippen LogP contribution in [0.3, 0.4) is 0 Å². The summed E-state index contributed by atoms with van der Waals surface area (Å²) in [4.78, 5) is 11.1. The molecule has 1 saturated carbocycles. The molecule has 1 aliphatic rings. The van der Waals surface area contributed by atoms with Crippen LogP contribution in [0.15, 0.2) is 0 Å². The third-order valence-electron chi connectivity index (χ3n) is 2.26. The fourth-order valence-electron chi connectivity index (χ4n) is 1.79. The molecule has 0 aliphatic heterocycles. The van der Waals surface area contributed by atoms with Gasteiger partial charge in [-0.3, -0.25) is 0 Å². The molecule has 1 amide bonds. The minimum absolute atomic E-state index is 0.0342. The first kappa shape index (κ1) is 10.4. The van der Waals surface area contributed by atoms with Crippen LogP contribution < -0.4 is 5.32 Å². The van der Waals surface area contributed by atoms with Gasteiger partial charge in [0.2, 0.25) is 0 Å². The molecule has 0 atom stereocenters. The molecule has 0 unspecified atom stereocenters. The van der Waals surface area contributed by atoms with Crippen molar-refractivity contribution in [2.75, 3.05) is 0 Å². The van der Waals surface area contributed by atoms with Crippen molar-refractivity contribution < 1.29 is 9.53 Å². The lowest BCUT2D eigenvalue weighted by Crippen LogP contribution is -2.48. The van der Waals surface area contributed by atoms with Crippen LogP contribution in [0, 0.1) is 5.41 Å². The molecule has 76 valence electrons. The largest absolute Gasteiger partial charge is 0.447 e. The van der Waals surface area contributed by atoms with Gasteiger partial charge in [0.1, 0.15) is 0 Å². The summed E-state index contributed by atoms with van der Waals surface area (Å²) in [5, 5.41) is 2.84. The Kier molecular flexibility index (Phi) is 2.84. The molecule has 1 aliphatic carbocycles. The standard InChI is InChI=1S/C10H19NO2/c1-7(2)13-9(12)11-8-5-10(3,4)6-8/h7-8H,5-6H2,1-4H3,(H,11,12). The van der Waals surface area contributed by atoms with Crippen molar-refractivity contribution in [2.45, 2.75) is 52.7 Å². The van der Waals surface area contributed by atoms with Gasteiger partial charge < -0.3 is 10.1 Å². The molecule has 0 aromatic heterocycles. The molecule has 13 heavy (non-hydrogen) atoms. The van der Waals surface area contributed by atoms with Crippen molar-refractivity contribution in [1.82, 2.24) is 5.32 Å². The summed E-state index contributed by atoms with van der Waals surface area (Å²) < 4.78 is 4.97. The highest BCUT2D eigenvalue weighted by atomic mass is 16.6. The predicted molar refractivity (Wildman–Crippen MR) is 51.6 cm³/mol. The maximum atomic E-state index is 11.1. The molecule has 3 heteroatoms. The van der Waals surface area contributed by atoms with Crippen LogP contribution in [0.5, 0.6) is 0 Å². The summed E-state index contributed by atoms with van der Waals surface area (Å²) in [7, 11) is 0. The van der Waals surface area contributed by atoms with Crippen molar-refractivity contribution in [3.8, 4) is 0 Å². The second kappa shape index (κ2) is 3.56. The van der Waals surface area contributed by atoms with Gasteiger partial charge in [0.15, 0.2) is 0 Å². The first-order valence-corrected chi connectivity index (χ1v) is 4.86. The summed E-state index contributed by atoms with van der Waals surface area (Å²) in [6.45, 7) is 8.12. The van der Waals surface area contributed by atoms with E-state index in [-0.39, 0.29) is 12.2 Å². The molecule has 0 heterocycles. The predicted octanol–water partition coefficient (Wildman–Crippen LogP) is 2.31. The molecule has 0 radical (unpaired) electrons. The average molecular weight is 185 g/mol. The van der Waals surface area contributed by atoms with Crippen LogP contribution in [0.4, 0.5) is 4.79 Å². The maximum Gasteiger partial charge on any atom is 0.407 e. The highest BCUT2D eigenvalue weighted by Crippen LogP contribution is 2.39. The number of rotatable bonds is 2. The van der Waals surface area contributed by atoms with Crippen molar-refractivity contribution in [3.63, 3.8) is 0 Å². The number of ether oxygens (including phenoxy) is 1. The second-order valence-electron chi connectivity index (χ2n) is 4.87. The molecule has 3 nitrogen and oxygen atoms in total. The molecule has 1 N–H and O–H groups in total. The van der Waals surface area contributed by atoms with Crippen molar-refractivity contribution in [3.05, 3.63) is 0 Å². The van der Waals surface area contributed by atoms with Gasteiger partial charge in [-0.1, -0.05) is 13.8 Å². The molecule has 0 aromatic carbocycles. The second-order valence-corrected chi connectivity index (χ2v) is 4.87. The maximum absolute atomic E-state index is 11.1. The molecule has 1 rings (SSSR count). The zero-order valence-electron chi connectivity index (χ0n) is 8.89. The zero-order chi connectivity index (χ0) is 10.1. The third kappa shape index (κ3) is 3.25. The summed E-state index contributed by atoms with van der Waals surface area (Å²) in [6.07, 6.45) is 1.80. The lowest BCUT2D eigenvalue weighted by Gasteiger charge is -2.42. The smallest absolute Gasteiger partial charge is 0.407 e. The van der Waals surface area contributed by atoms with Gasteiger partial charge in [0, 0.05) is 6.04 Å². The number of hydrogen-bond donors (Lipinski definition) is 1. The first-order chi connectivity index (χ1) is 5.89. The topological polar surface area (TPSA) is 38.3 Å². The average Bonchev–Trinajstić information content (AvgIpc) is 1.79. The van der Waals surface area contributed by atoms with E-state index < -0.39 is 0 Å². The van der Waals surface area contributed by atoms with Crippen LogP contribution in [0.2, 0.25) is 0 Å². The Morgan fingerprint density at radius 1 is 1.46 bits per heavy atom. The number of alkyl carbamates (subject to hydrolysis) is 1. The zero-order valence-corrected chi connectivity index (χ0v) is 8.89. The SMILES string of the molecule is CC(C)OC(=O)NC1CC(C)(C)C1. The Morgan fingerprint density at radius 3 is 2.38 bits per heavy atom. The van der Waals surface area contributed by atoms with Crippen LogP contribution in [0.25, 0.3) is 0 Å². The summed E-state index contributed by atoms with van der Waals surface area (Å²) in [5.74, 6) is 0. The van der Waals surface area contributed by atoms with E-state index in [1.807, 2.05) is 13.8 Å². The van der Waals surface area contributed by atoms with E-state index in [9.17, 15) is 4.79 Å². The molecule has 0 aromatic rings. The minimum Gasteiger partial charge on any atom is -0.447 e. The number of carbonyl (C=O) groups excluding carboxylic acids is 1. The highest BCUT2D eigenvalue weighted by Gasteiger charge is 2.37.